The molecule has 1 aromatic rings. The van der Waals surface area contributed by atoms with E-state index in [1.54, 1.807) is 11.3 Å². The van der Waals surface area contributed by atoms with Gasteiger partial charge in [-0.15, -0.1) is 11.3 Å². The van der Waals surface area contributed by atoms with E-state index < -0.39 is 0 Å². The van der Waals surface area contributed by atoms with Gasteiger partial charge >= 0.3 is 0 Å². The van der Waals surface area contributed by atoms with Gasteiger partial charge in [0.2, 0.25) is 0 Å². The molecule has 80 valence electrons. The predicted molar refractivity (Wildman–Crippen MR) is 64.0 cm³/mol. The fourth-order valence-electron chi connectivity index (χ4n) is 1.63. The average Bonchev–Trinajstić information content (AvgIpc) is 2.54. The first-order valence-electron chi connectivity index (χ1n) is 4.81. The van der Waals surface area contributed by atoms with Crippen molar-refractivity contribution >= 4 is 22.9 Å². The van der Waals surface area contributed by atoms with Gasteiger partial charge in [0.05, 0.1) is 4.34 Å². The van der Waals surface area contributed by atoms with Crippen molar-refractivity contribution in [2.24, 2.45) is 11.7 Å². The Labute approximate surface area is 94.5 Å². The summed E-state index contributed by atoms with van der Waals surface area (Å²) < 4.78 is 0.847. The van der Waals surface area contributed by atoms with Crippen LogP contribution in [0.25, 0.3) is 0 Å². The topological polar surface area (TPSA) is 38.0 Å². The van der Waals surface area contributed by atoms with Gasteiger partial charge in [-0.05, 0) is 38.1 Å². The maximum Gasteiger partial charge on any atom is 0.0931 e. The molecule has 2 nitrogen and oxygen atoms in total. The summed E-state index contributed by atoms with van der Waals surface area (Å²) in [5.74, 6) is 0.541. The number of rotatable bonds is 5. The van der Waals surface area contributed by atoms with Crippen LogP contribution in [0.5, 0.6) is 0 Å². The molecule has 1 rings (SSSR count). The third kappa shape index (κ3) is 2.95. The molecular formula is C10H17ClN2S. The summed E-state index contributed by atoms with van der Waals surface area (Å²) in [7, 11) is 1.98. The molecule has 0 amide bonds. The van der Waals surface area contributed by atoms with E-state index in [4.69, 9.17) is 17.3 Å². The highest BCUT2D eigenvalue weighted by atomic mass is 35.5. The molecule has 0 fully saturated rings. The number of halogens is 1. The lowest BCUT2D eigenvalue weighted by molar-refractivity contribution is 0.397. The van der Waals surface area contributed by atoms with Crippen LogP contribution < -0.4 is 11.1 Å². The maximum atomic E-state index is 5.91. The molecule has 0 saturated heterocycles. The highest BCUT2D eigenvalue weighted by Gasteiger charge is 2.18. The van der Waals surface area contributed by atoms with E-state index in [9.17, 15) is 0 Å². The second-order valence-corrected chi connectivity index (χ2v) is 5.21. The molecule has 0 bridgehead atoms. The molecule has 0 saturated carbocycles. The number of nitrogens with one attached hydrogen (secondary N) is 1. The van der Waals surface area contributed by atoms with Gasteiger partial charge in [-0.25, -0.2) is 0 Å². The van der Waals surface area contributed by atoms with Gasteiger partial charge in [0.15, 0.2) is 0 Å². The van der Waals surface area contributed by atoms with Crippen molar-refractivity contribution in [1.82, 2.24) is 5.32 Å². The molecule has 3 N–H and O–H groups in total. The van der Waals surface area contributed by atoms with Crippen LogP contribution in [0.15, 0.2) is 12.1 Å². The zero-order valence-corrected chi connectivity index (χ0v) is 10.2. The molecule has 14 heavy (non-hydrogen) atoms. The van der Waals surface area contributed by atoms with Gasteiger partial charge in [0.25, 0.3) is 0 Å². The Balaban J connectivity index is 2.71. The fourth-order valence-corrected chi connectivity index (χ4v) is 2.94. The van der Waals surface area contributed by atoms with E-state index in [1.807, 2.05) is 13.1 Å². The Morgan fingerprint density at radius 2 is 2.29 bits per heavy atom. The second-order valence-electron chi connectivity index (χ2n) is 3.46. The Morgan fingerprint density at radius 3 is 2.71 bits per heavy atom. The molecule has 0 aliphatic rings. The highest BCUT2D eigenvalue weighted by Crippen LogP contribution is 2.31. The van der Waals surface area contributed by atoms with Crippen molar-refractivity contribution in [3.8, 4) is 0 Å². The molecule has 0 radical (unpaired) electrons. The molecule has 0 aliphatic carbocycles. The van der Waals surface area contributed by atoms with Crippen LogP contribution >= 0.6 is 22.9 Å². The van der Waals surface area contributed by atoms with Crippen molar-refractivity contribution in [2.45, 2.75) is 19.4 Å². The van der Waals surface area contributed by atoms with Gasteiger partial charge in [-0.3, -0.25) is 0 Å². The summed E-state index contributed by atoms with van der Waals surface area (Å²) in [5.41, 5.74) is 5.55. The smallest absolute Gasteiger partial charge is 0.0931 e. The maximum absolute atomic E-state index is 5.91. The van der Waals surface area contributed by atoms with Crippen molar-refractivity contribution in [1.29, 1.82) is 0 Å². The largest absolute Gasteiger partial charge is 0.330 e. The summed E-state index contributed by atoms with van der Waals surface area (Å²) in [5, 5.41) is 3.31. The van der Waals surface area contributed by atoms with Crippen molar-refractivity contribution in [3.63, 3.8) is 0 Å². The lowest BCUT2D eigenvalue weighted by atomic mass is 9.97. The highest BCUT2D eigenvalue weighted by molar-refractivity contribution is 7.16. The molecular weight excluding hydrogens is 216 g/mol. The first-order valence-corrected chi connectivity index (χ1v) is 6.01. The zero-order valence-electron chi connectivity index (χ0n) is 8.59. The van der Waals surface area contributed by atoms with Crippen LogP contribution in [0.2, 0.25) is 4.34 Å². The molecule has 1 heterocycles. The first-order chi connectivity index (χ1) is 6.69. The normalized spacial score (nSPS) is 15.4. The summed E-state index contributed by atoms with van der Waals surface area (Å²) in [4.78, 5) is 1.29. The van der Waals surface area contributed by atoms with E-state index >= 15 is 0 Å². The molecule has 0 aromatic carbocycles. The van der Waals surface area contributed by atoms with Gasteiger partial charge in [0, 0.05) is 10.9 Å². The molecule has 0 aliphatic heterocycles. The minimum Gasteiger partial charge on any atom is -0.330 e. The standard InChI is InChI=1S/C10H17ClN2S/c1-7(5-6-12)10(13-2)8-3-4-9(11)14-8/h3-4,7,10,13H,5-6,12H2,1-2H3. The van der Waals surface area contributed by atoms with E-state index in [0.717, 1.165) is 17.3 Å². The van der Waals surface area contributed by atoms with Crippen LogP contribution in [-0.2, 0) is 0 Å². The molecule has 0 spiro atoms. The number of hydrogen-bond donors (Lipinski definition) is 2. The summed E-state index contributed by atoms with van der Waals surface area (Å²) in [6.45, 7) is 2.94. The minimum absolute atomic E-state index is 0.371. The van der Waals surface area contributed by atoms with Crippen LogP contribution in [0, 0.1) is 5.92 Å². The second kappa shape index (κ2) is 5.71. The Kier molecular flexibility index (Phi) is 4.89. The van der Waals surface area contributed by atoms with Gasteiger partial charge in [0.1, 0.15) is 0 Å². The predicted octanol–water partition coefficient (Wildman–Crippen LogP) is 2.65. The summed E-state index contributed by atoms with van der Waals surface area (Å²) >= 11 is 7.55. The van der Waals surface area contributed by atoms with Crippen molar-refractivity contribution < 1.29 is 0 Å². The molecule has 2 unspecified atom stereocenters. The van der Waals surface area contributed by atoms with Crippen LogP contribution in [0.3, 0.4) is 0 Å². The molecule has 1 aromatic heterocycles. The number of nitrogens with two attached hydrogens (primary N) is 1. The van der Waals surface area contributed by atoms with Crippen LogP contribution in [-0.4, -0.2) is 13.6 Å². The van der Waals surface area contributed by atoms with E-state index in [2.05, 4.69) is 18.3 Å². The fraction of sp³-hybridized carbons (Fsp3) is 0.600. The van der Waals surface area contributed by atoms with E-state index in [1.165, 1.54) is 4.88 Å². The van der Waals surface area contributed by atoms with Gasteiger partial charge in [-0.1, -0.05) is 18.5 Å². The van der Waals surface area contributed by atoms with Gasteiger partial charge in [-0.2, -0.15) is 0 Å². The Hall–Kier alpha value is -0.0900. The third-order valence-corrected chi connectivity index (χ3v) is 3.72. The van der Waals surface area contributed by atoms with E-state index in [-0.39, 0.29) is 0 Å². The first kappa shape index (κ1) is 12.0. The number of thiophene rings is 1. The number of hydrogen-bond acceptors (Lipinski definition) is 3. The molecule has 4 heteroatoms. The van der Waals surface area contributed by atoms with Crippen LogP contribution in [0.4, 0.5) is 0 Å². The SMILES string of the molecule is CNC(c1ccc(Cl)s1)C(C)CCN. The zero-order chi connectivity index (χ0) is 10.6. The van der Waals surface area contributed by atoms with Gasteiger partial charge < -0.3 is 11.1 Å². The van der Waals surface area contributed by atoms with Crippen molar-refractivity contribution in [2.75, 3.05) is 13.6 Å². The van der Waals surface area contributed by atoms with E-state index in [0.29, 0.717) is 12.0 Å². The monoisotopic (exact) mass is 232 g/mol. The van der Waals surface area contributed by atoms with Crippen molar-refractivity contribution in [3.05, 3.63) is 21.3 Å². The quantitative estimate of drug-likeness (QED) is 0.819. The minimum atomic E-state index is 0.371. The molecule has 2 atom stereocenters. The average molecular weight is 233 g/mol. The Bertz CT molecular complexity index is 275. The third-order valence-electron chi connectivity index (χ3n) is 2.40. The lowest BCUT2D eigenvalue weighted by Crippen LogP contribution is -2.24. The van der Waals surface area contributed by atoms with Crippen LogP contribution in [0.1, 0.15) is 24.3 Å². The summed E-state index contributed by atoms with van der Waals surface area (Å²) in [6.07, 6.45) is 1.03. The lowest BCUT2D eigenvalue weighted by Gasteiger charge is -2.21. The Morgan fingerprint density at radius 1 is 1.57 bits per heavy atom. The summed E-state index contributed by atoms with van der Waals surface area (Å²) in [6, 6.07) is 4.40.